The van der Waals surface area contributed by atoms with Gasteiger partial charge in [0.15, 0.2) is 0 Å². The van der Waals surface area contributed by atoms with Crippen LogP contribution < -0.4 is 16.1 Å². The maximum absolute atomic E-state index is 12.9. The lowest BCUT2D eigenvalue weighted by molar-refractivity contribution is 0.0903. The molecule has 1 atom stereocenters. The standard InChI is InChI=1S/C21H33N3O4/c1-14(2)10-24-11-17(20(26)22-15(3)13-28-4)19(25)18(12-24)21(27)23-16-8-6-5-7-9-16/h11-12,14-16H,5-10,13H2,1-4H3,(H,22,26)(H,23,27). The number of pyridine rings is 1. The lowest BCUT2D eigenvalue weighted by Crippen LogP contribution is -2.42. The van der Waals surface area contributed by atoms with Gasteiger partial charge in [-0.3, -0.25) is 14.4 Å². The molecule has 7 heteroatoms. The fraction of sp³-hybridized carbons (Fsp3) is 0.667. The molecule has 156 valence electrons. The molecular formula is C21H33N3O4. The van der Waals surface area contributed by atoms with E-state index in [9.17, 15) is 14.4 Å². The molecule has 2 amide bonds. The molecule has 28 heavy (non-hydrogen) atoms. The largest absolute Gasteiger partial charge is 0.383 e. The van der Waals surface area contributed by atoms with E-state index in [1.54, 1.807) is 24.8 Å². The Morgan fingerprint density at radius 1 is 1.11 bits per heavy atom. The van der Waals surface area contributed by atoms with Crippen LogP contribution in [0.4, 0.5) is 0 Å². The molecule has 1 unspecified atom stereocenters. The highest BCUT2D eigenvalue weighted by Gasteiger charge is 2.23. The Morgan fingerprint density at radius 3 is 2.29 bits per heavy atom. The van der Waals surface area contributed by atoms with Gasteiger partial charge in [0.05, 0.1) is 6.61 Å². The second-order valence-electron chi connectivity index (χ2n) is 8.14. The molecule has 0 saturated heterocycles. The van der Waals surface area contributed by atoms with Crippen LogP contribution in [0.15, 0.2) is 17.2 Å². The number of rotatable bonds is 8. The summed E-state index contributed by atoms with van der Waals surface area (Å²) < 4.78 is 6.79. The summed E-state index contributed by atoms with van der Waals surface area (Å²) in [5.41, 5.74) is -0.520. The first-order valence-corrected chi connectivity index (χ1v) is 10.2. The van der Waals surface area contributed by atoms with Gasteiger partial charge in [0.2, 0.25) is 5.43 Å². The molecule has 0 aliphatic heterocycles. The number of hydrogen-bond acceptors (Lipinski definition) is 4. The van der Waals surface area contributed by atoms with Crippen molar-refractivity contribution in [3.05, 3.63) is 33.7 Å². The van der Waals surface area contributed by atoms with E-state index in [0.29, 0.717) is 19.1 Å². The third-order valence-electron chi connectivity index (χ3n) is 4.88. The van der Waals surface area contributed by atoms with Crippen molar-refractivity contribution in [3.8, 4) is 0 Å². The van der Waals surface area contributed by atoms with Crippen molar-refractivity contribution < 1.29 is 14.3 Å². The molecule has 0 radical (unpaired) electrons. The zero-order valence-electron chi connectivity index (χ0n) is 17.4. The Hall–Kier alpha value is -2.15. The molecule has 0 aromatic carbocycles. The van der Waals surface area contributed by atoms with Crippen molar-refractivity contribution in [2.45, 2.75) is 71.5 Å². The van der Waals surface area contributed by atoms with Gasteiger partial charge < -0.3 is 19.9 Å². The van der Waals surface area contributed by atoms with Crippen LogP contribution in [0.5, 0.6) is 0 Å². The molecule has 1 saturated carbocycles. The summed E-state index contributed by atoms with van der Waals surface area (Å²) in [5.74, 6) is -0.576. The number of carbonyl (C=O) groups excluding carboxylic acids is 2. The van der Waals surface area contributed by atoms with E-state index in [2.05, 4.69) is 10.6 Å². The summed E-state index contributed by atoms with van der Waals surface area (Å²) >= 11 is 0. The van der Waals surface area contributed by atoms with Crippen molar-refractivity contribution in [3.63, 3.8) is 0 Å². The van der Waals surface area contributed by atoms with Crippen molar-refractivity contribution in [2.24, 2.45) is 5.92 Å². The summed E-state index contributed by atoms with van der Waals surface area (Å²) in [6, 6.07) is -0.145. The van der Waals surface area contributed by atoms with E-state index in [4.69, 9.17) is 4.74 Å². The first-order chi connectivity index (χ1) is 13.3. The Kier molecular flexibility index (Phi) is 8.23. The monoisotopic (exact) mass is 391 g/mol. The number of aromatic nitrogens is 1. The summed E-state index contributed by atoms with van der Waals surface area (Å²) in [6.45, 7) is 6.83. The normalized spacial score (nSPS) is 16.0. The first kappa shape index (κ1) is 22.1. The molecule has 1 aliphatic rings. The van der Waals surface area contributed by atoms with Gasteiger partial charge in [0.1, 0.15) is 11.1 Å². The molecule has 1 heterocycles. The van der Waals surface area contributed by atoms with Crippen LogP contribution in [0.3, 0.4) is 0 Å². The fourth-order valence-electron chi connectivity index (χ4n) is 3.59. The third-order valence-corrected chi connectivity index (χ3v) is 4.88. The van der Waals surface area contributed by atoms with E-state index in [1.165, 1.54) is 12.6 Å². The lowest BCUT2D eigenvalue weighted by Gasteiger charge is -2.23. The van der Waals surface area contributed by atoms with Gasteiger partial charge in [-0.1, -0.05) is 33.1 Å². The Labute approximate surface area is 166 Å². The van der Waals surface area contributed by atoms with Crippen LogP contribution >= 0.6 is 0 Å². The highest BCUT2D eigenvalue weighted by molar-refractivity contribution is 5.99. The molecule has 2 rings (SSSR count). The minimum Gasteiger partial charge on any atom is -0.383 e. The van der Waals surface area contributed by atoms with E-state index in [1.807, 2.05) is 13.8 Å². The average molecular weight is 392 g/mol. The van der Waals surface area contributed by atoms with Gasteiger partial charge >= 0.3 is 0 Å². The van der Waals surface area contributed by atoms with E-state index in [-0.39, 0.29) is 23.2 Å². The second kappa shape index (κ2) is 10.4. The molecule has 1 aromatic rings. The Morgan fingerprint density at radius 2 is 1.71 bits per heavy atom. The van der Waals surface area contributed by atoms with Crippen LogP contribution in [-0.2, 0) is 11.3 Å². The maximum Gasteiger partial charge on any atom is 0.257 e. The maximum atomic E-state index is 12.9. The van der Waals surface area contributed by atoms with Crippen molar-refractivity contribution >= 4 is 11.8 Å². The van der Waals surface area contributed by atoms with Crippen molar-refractivity contribution in [2.75, 3.05) is 13.7 Å². The Bertz CT molecular complexity index is 736. The highest BCUT2D eigenvalue weighted by Crippen LogP contribution is 2.17. The first-order valence-electron chi connectivity index (χ1n) is 10.2. The number of methoxy groups -OCH3 is 1. The molecule has 1 fully saturated rings. The summed E-state index contributed by atoms with van der Waals surface area (Å²) in [4.78, 5) is 38.3. The van der Waals surface area contributed by atoms with Crippen LogP contribution in [0.25, 0.3) is 0 Å². The topological polar surface area (TPSA) is 89.4 Å². The Balaban J connectivity index is 2.31. The van der Waals surface area contributed by atoms with E-state index in [0.717, 1.165) is 25.7 Å². The van der Waals surface area contributed by atoms with Gasteiger partial charge in [-0.25, -0.2) is 0 Å². The summed E-state index contributed by atoms with van der Waals surface area (Å²) in [7, 11) is 1.55. The van der Waals surface area contributed by atoms with Crippen LogP contribution in [0, 0.1) is 5.92 Å². The summed E-state index contributed by atoms with van der Waals surface area (Å²) in [5, 5.41) is 5.74. The smallest absolute Gasteiger partial charge is 0.257 e. The summed E-state index contributed by atoms with van der Waals surface area (Å²) in [6.07, 6.45) is 8.32. The van der Waals surface area contributed by atoms with Gasteiger partial charge in [-0.2, -0.15) is 0 Å². The molecule has 0 bridgehead atoms. The number of amides is 2. The zero-order valence-corrected chi connectivity index (χ0v) is 17.4. The van der Waals surface area contributed by atoms with E-state index < -0.39 is 17.2 Å². The minimum absolute atomic E-state index is 0.0140. The van der Waals surface area contributed by atoms with Crippen molar-refractivity contribution in [1.29, 1.82) is 0 Å². The number of carbonyl (C=O) groups is 2. The number of nitrogens with one attached hydrogen (secondary N) is 2. The van der Waals surface area contributed by atoms with Crippen molar-refractivity contribution in [1.82, 2.24) is 15.2 Å². The quantitative estimate of drug-likeness (QED) is 0.712. The van der Waals surface area contributed by atoms with Gasteiger partial charge in [0, 0.05) is 38.1 Å². The minimum atomic E-state index is -0.532. The van der Waals surface area contributed by atoms with Gasteiger partial charge in [-0.15, -0.1) is 0 Å². The SMILES string of the molecule is COCC(C)NC(=O)c1cn(CC(C)C)cc(C(=O)NC2CCCCC2)c1=O. The average Bonchev–Trinajstić information content (AvgIpc) is 2.63. The molecule has 0 spiro atoms. The predicted molar refractivity (Wildman–Crippen MR) is 109 cm³/mol. The third kappa shape index (κ3) is 6.19. The predicted octanol–water partition coefficient (Wildman–Crippen LogP) is 2.33. The van der Waals surface area contributed by atoms with Crippen LogP contribution in [-0.4, -0.2) is 42.2 Å². The number of ether oxygens (including phenoxy) is 1. The molecule has 1 aromatic heterocycles. The van der Waals surface area contributed by atoms with Crippen LogP contribution in [0.2, 0.25) is 0 Å². The van der Waals surface area contributed by atoms with Gasteiger partial charge in [-0.05, 0) is 25.7 Å². The number of nitrogens with zero attached hydrogens (tertiary/aromatic N) is 1. The molecule has 7 nitrogen and oxygen atoms in total. The van der Waals surface area contributed by atoms with Gasteiger partial charge in [0.25, 0.3) is 11.8 Å². The molecular weight excluding hydrogens is 358 g/mol. The molecule has 1 aliphatic carbocycles. The van der Waals surface area contributed by atoms with Crippen LogP contribution in [0.1, 0.15) is 73.6 Å². The highest BCUT2D eigenvalue weighted by atomic mass is 16.5. The molecule has 2 N–H and O–H groups in total. The lowest BCUT2D eigenvalue weighted by atomic mass is 9.95. The van der Waals surface area contributed by atoms with E-state index >= 15 is 0 Å². The number of hydrogen-bond donors (Lipinski definition) is 2. The second-order valence-corrected chi connectivity index (χ2v) is 8.14. The zero-order chi connectivity index (χ0) is 20.7. The fourth-order valence-corrected chi connectivity index (χ4v) is 3.59.